The number of amides is 1. The minimum atomic E-state index is -0.347. The molecule has 1 amide bonds. The molecule has 0 aliphatic carbocycles. The van der Waals surface area contributed by atoms with Gasteiger partial charge in [0.15, 0.2) is 0 Å². The summed E-state index contributed by atoms with van der Waals surface area (Å²) in [5.41, 5.74) is 6.68. The van der Waals surface area contributed by atoms with Gasteiger partial charge in [0, 0.05) is 26.3 Å². The smallest absolute Gasteiger partial charge is 0.237 e. The molecule has 0 heterocycles. The summed E-state index contributed by atoms with van der Waals surface area (Å²) in [7, 11) is 0. The topological polar surface area (TPSA) is 85.6 Å². The zero-order chi connectivity index (χ0) is 36.9. The summed E-state index contributed by atoms with van der Waals surface area (Å²) in [4.78, 5) is 13.3. The van der Waals surface area contributed by atoms with Crippen molar-refractivity contribution < 1.29 is 18.7 Å². The predicted octanol–water partition coefficient (Wildman–Crippen LogP) is 11.3. The van der Waals surface area contributed by atoms with E-state index in [1.807, 2.05) is 0 Å². The molecule has 0 aliphatic rings. The standard InChI is InChI=1S/C44H82FN3O3/c1-3-5-7-9-11-13-15-17-19-21-23-27-35-50-39-42(51-36-28-24-22-20-18-16-14-12-10-8-6-4-2)38-48-44(49)43(29-25-26-34-46)47-37-40-30-32-41(45)33-31-40/h30-33,42-43,47H,3-29,34-39,46H2,1-2H3,(H,48,49)/t42?,43-/m0/s1. The van der Waals surface area contributed by atoms with Gasteiger partial charge in [0.2, 0.25) is 5.91 Å². The van der Waals surface area contributed by atoms with Crippen LogP contribution in [0, 0.1) is 5.82 Å². The SMILES string of the molecule is CCCCCCCCCCCCCCOCC(CNC(=O)[C@H](CCCCN)NCc1ccc(F)cc1)OCCCCCCCCCCCCCC. The maximum atomic E-state index is 13.4. The summed E-state index contributed by atoms with van der Waals surface area (Å²) in [5, 5.41) is 6.54. The minimum Gasteiger partial charge on any atom is -0.379 e. The molecule has 0 aromatic heterocycles. The summed E-state index contributed by atoms with van der Waals surface area (Å²) >= 11 is 0. The Hall–Kier alpha value is -1.54. The van der Waals surface area contributed by atoms with Crippen molar-refractivity contribution in [3.8, 4) is 0 Å². The average molecular weight is 720 g/mol. The van der Waals surface area contributed by atoms with Gasteiger partial charge in [-0.25, -0.2) is 4.39 Å². The van der Waals surface area contributed by atoms with Crippen molar-refractivity contribution in [3.63, 3.8) is 0 Å². The number of carbonyl (C=O) groups is 1. The van der Waals surface area contributed by atoms with E-state index < -0.39 is 0 Å². The first kappa shape index (κ1) is 47.5. The summed E-state index contributed by atoms with van der Waals surface area (Å²) < 4.78 is 25.8. The van der Waals surface area contributed by atoms with Gasteiger partial charge in [-0.2, -0.15) is 0 Å². The van der Waals surface area contributed by atoms with E-state index in [4.69, 9.17) is 15.2 Å². The highest BCUT2D eigenvalue weighted by atomic mass is 19.1. The van der Waals surface area contributed by atoms with Crippen LogP contribution in [0.4, 0.5) is 4.39 Å². The average Bonchev–Trinajstić information content (AvgIpc) is 3.14. The maximum absolute atomic E-state index is 13.4. The second-order valence-corrected chi connectivity index (χ2v) is 14.9. The molecule has 1 rings (SSSR count). The Morgan fingerprint density at radius 1 is 0.647 bits per heavy atom. The van der Waals surface area contributed by atoms with Crippen LogP contribution in [0.5, 0.6) is 0 Å². The van der Waals surface area contributed by atoms with Gasteiger partial charge in [-0.1, -0.05) is 174 Å². The predicted molar refractivity (Wildman–Crippen MR) is 216 cm³/mol. The lowest BCUT2D eigenvalue weighted by atomic mass is 10.1. The Labute approximate surface area is 314 Å². The molecular formula is C44H82FN3O3. The van der Waals surface area contributed by atoms with Crippen LogP contribution in [0.25, 0.3) is 0 Å². The van der Waals surface area contributed by atoms with Crippen molar-refractivity contribution >= 4 is 5.91 Å². The first-order chi connectivity index (χ1) is 25.1. The van der Waals surface area contributed by atoms with Crippen LogP contribution in [-0.2, 0) is 20.8 Å². The summed E-state index contributed by atoms with van der Waals surface area (Å²) in [5.74, 6) is -0.291. The molecule has 6 nitrogen and oxygen atoms in total. The highest BCUT2D eigenvalue weighted by Crippen LogP contribution is 2.14. The number of hydrogen-bond acceptors (Lipinski definition) is 5. The fraction of sp³-hybridized carbons (Fsp3) is 0.841. The van der Waals surface area contributed by atoms with E-state index in [1.165, 1.54) is 153 Å². The number of hydrogen-bond donors (Lipinski definition) is 3. The van der Waals surface area contributed by atoms with E-state index in [1.54, 1.807) is 12.1 Å². The van der Waals surface area contributed by atoms with Crippen molar-refractivity contribution in [3.05, 3.63) is 35.6 Å². The molecule has 0 bridgehead atoms. The van der Waals surface area contributed by atoms with Crippen LogP contribution >= 0.6 is 0 Å². The molecule has 51 heavy (non-hydrogen) atoms. The first-order valence-corrected chi connectivity index (χ1v) is 21.8. The second kappa shape index (κ2) is 36.8. The second-order valence-electron chi connectivity index (χ2n) is 14.9. The molecule has 0 radical (unpaired) electrons. The highest BCUT2D eigenvalue weighted by molar-refractivity contribution is 5.81. The van der Waals surface area contributed by atoms with Gasteiger partial charge in [0.25, 0.3) is 0 Å². The first-order valence-electron chi connectivity index (χ1n) is 21.8. The Kier molecular flexibility index (Phi) is 34.3. The number of carbonyl (C=O) groups excluding carboxylic acids is 1. The molecule has 1 aromatic carbocycles. The number of nitrogens with two attached hydrogens (primary N) is 1. The number of nitrogens with one attached hydrogen (secondary N) is 2. The van der Waals surface area contributed by atoms with E-state index in [-0.39, 0.29) is 23.9 Å². The van der Waals surface area contributed by atoms with E-state index in [9.17, 15) is 9.18 Å². The monoisotopic (exact) mass is 720 g/mol. The highest BCUT2D eigenvalue weighted by Gasteiger charge is 2.19. The van der Waals surface area contributed by atoms with E-state index in [0.717, 1.165) is 37.9 Å². The van der Waals surface area contributed by atoms with Crippen LogP contribution in [0.15, 0.2) is 24.3 Å². The third kappa shape index (κ3) is 30.6. The van der Waals surface area contributed by atoms with Crippen LogP contribution < -0.4 is 16.4 Å². The maximum Gasteiger partial charge on any atom is 0.237 e. The van der Waals surface area contributed by atoms with Crippen LogP contribution in [0.2, 0.25) is 0 Å². The Balaban J connectivity index is 2.41. The van der Waals surface area contributed by atoms with Gasteiger partial charge in [0.1, 0.15) is 5.82 Å². The quantitative estimate of drug-likeness (QED) is 0.0590. The molecule has 7 heteroatoms. The Morgan fingerprint density at radius 2 is 1.12 bits per heavy atom. The van der Waals surface area contributed by atoms with Gasteiger partial charge < -0.3 is 25.8 Å². The lowest BCUT2D eigenvalue weighted by Crippen LogP contribution is -2.47. The molecule has 1 aromatic rings. The number of benzene rings is 1. The van der Waals surface area contributed by atoms with Crippen molar-refractivity contribution in [1.82, 2.24) is 10.6 Å². The molecule has 2 atom stereocenters. The molecule has 0 fully saturated rings. The molecule has 4 N–H and O–H groups in total. The van der Waals surface area contributed by atoms with Crippen molar-refractivity contribution in [1.29, 1.82) is 0 Å². The van der Waals surface area contributed by atoms with Crippen molar-refractivity contribution in [2.45, 2.75) is 206 Å². The molecule has 298 valence electrons. The molecule has 0 aliphatic heterocycles. The van der Waals surface area contributed by atoms with E-state index >= 15 is 0 Å². The van der Waals surface area contributed by atoms with Gasteiger partial charge >= 0.3 is 0 Å². The Bertz CT molecular complexity index is 872. The fourth-order valence-corrected chi connectivity index (χ4v) is 6.62. The van der Waals surface area contributed by atoms with Crippen LogP contribution in [0.1, 0.15) is 193 Å². The van der Waals surface area contributed by atoms with Gasteiger partial charge in [-0.3, -0.25) is 4.79 Å². The number of ether oxygens (including phenoxy) is 2. The third-order valence-electron chi connectivity index (χ3n) is 10.0. The fourth-order valence-electron chi connectivity index (χ4n) is 6.62. The third-order valence-corrected chi connectivity index (χ3v) is 10.0. The summed E-state index contributed by atoms with van der Waals surface area (Å²) in [6.07, 6.45) is 34.0. The molecule has 1 unspecified atom stereocenters. The summed E-state index contributed by atoms with van der Waals surface area (Å²) in [6, 6.07) is 6.07. The van der Waals surface area contributed by atoms with Gasteiger partial charge in [0.05, 0.1) is 18.8 Å². The minimum absolute atomic E-state index is 0.0333. The van der Waals surface area contributed by atoms with E-state index in [2.05, 4.69) is 24.5 Å². The van der Waals surface area contributed by atoms with Crippen LogP contribution in [0.3, 0.4) is 0 Å². The van der Waals surface area contributed by atoms with Gasteiger partial charge in [-0.05, 0) is 49.9 Å². The van der Waals surface area contributed by atoms with Crippen molar-refractivity contribution in [2.75, 3.05) is 32.9 Å². The normalized spacial score (nSPS) is 12.7. The van der Waals surface area contributed by atoms with Crippen LogP contribution in [-0.4, -0.2) is 51.0 Å². The molecule has 0 spiro atoms. The lowest BCUT2D eigenvalue weighted by Gasteiger charge is -2.22. The molecular weight excluding hydrogens is 638 g/mol. The van der Waals surface area contributed by atoms with Gasteiger partial charge in [-0.15, -0.1) is 0 Å². The number of rotatable bonds is 39. The lowest BCUT2D eigenvalue weighted by molar-refractivity contribution is -0.124. The Morgan fingerprint density at radius 3 is 1.61 bits per heavy atom. The summed E-state index contributed by atoms with van der Waals surface area (Å²) in [6.45, 7) is 8.03. The number of halogens is 1. The largest absolute Gasteiger partial charge is 0.379 e. The molecule has 0 saturated heterocycles. The number of unbranched alkanes of at least 4 members (excludes halogenated alkanes) is 23. The van der Waals surface area contributed by atoms with E-state index in [0.29, 0.717) is 39.3 Å². The molecule has 0 saturated carbocycles. The zero-order valence-corrected chi connectivity index (χ0v) is 33.5. The zero-order valence-electron chi connectivity index (χ0n) is 33.5. The van der Waals surface area contributed by atoms with Crippen molar-refractivity contribution in [2.24, 2.45) is 5.73 Å².